The number of hydrogen-bond donors (Lipinski definition) is 8. The average Bonchev–Trinajstić information content (AvgIpc) is 1.65. The summed E-state index contributed by atoms with van der Waals surface area (Å²) in [4.78, 5) is 102. The molecule has 14 N–H and O–H groups in total. The maximum atomic E-state index is 14.5. The Hall–Kier alpha value is -9.51. The summed E-state index contributed by atoms with van der Waals surface area (Å²) >= 11 is 25.5. The van der Waals surface area contributed by atoms with Crippen molar-refractivity contribution in [3.8, 4) is 11.1 Å². The van der Waals surface area contributed by atoms with Gasteiger partial charge < -0.3 is 34.2 Å². The van der Waals surface area contributed by atoms with Gasteiger partial charge in [-0.3, -0.25) is 55.5 Å². The molecule has 13 aromatic rings. The summed E-state index contributed by atoms with van der Waals surface area (Å²) < 4.78 is 199. The third kappa shape index (κ3) is 44.5. The van der Waals surface area contributed by atoms with Gasteiger partial charge in [0.05, 0.1) is 76.7 Å². The Morgan fingerprint density at radius 1 is 0.463 bits per heavy atom. The summed E-state index contributed by atoms with van der Waals surface area (Å²) in [5.41, 5.74) is 10.9. The van der Waals surface area contributed by atoms with Crippen molar-refractivity contribution >= 4 is 270 Å². The number of nitrogens with zero attached hydrogens (tertiary/aromatic N) is 6. The Balaban J connectivity index is 0.000000326. The first-order valence-electron chi connectivity index (χ1n) is 37.9. The Bertz CT molecular complexity index is 6560. The second-order valence-corrected chi connectivity index (χ2v) is 41.6. The topological polar surface area (TPSA) is 555 Å². The van der Waals surface area contributed by atoms with Gasteiger partial charge in [-0.2, -0.15) is 0 Å². The van der Waals surface area contributed by atoms with Gasteiger partial charge >= 0.3 is 29.8 Å². The number of aliphatic carboxylic acids is 1. The zero-order valence-electron chi connectivity index (χ0n) is 70.9. The number of thiazole rings is 4. The van der Waals surface area contributed by atoms with Gasteiger partial charge in [0.25, 0.3) is 0 Å². The second kappa shape index (κ2) is 58.4. The molecule has 5 aromatic heterocycles. The van der Waals surface area contributed by atoms with Crippen molar-refractivity contribution in [1.29, 1.82) is 0 Å². The van der Waals surface area contributed by atoms with Crippen molar-refractivity contribution in [1.82, 2.24) is 35.6 Å². The van der Waals surface area contributed by atoms with Crippen LogP contribution in [0.2, 0.25) is 0 Å². The smallest absolute Gasteiger partial charge is 0.320 e. The van der Waals surface area contributed by atoms with Crippen LogP contribution in [0.4, 0.5) is 40.8 Å². The number of Topliss-reactive ketones (excluding diaryl/α,β-unsaturated/α-hetero) is 1. The molecule has 33 nitrogen and oxygen atoms in total. The van der Waals surface area contributed by atoms with Crippen LogP contribution in [0, 0.1) is 53.5 Å². The molecular formula is C81H78Br5Cl2F8N13O20S7. The van der Waals surface area contributed by atoms with E-state index in [0.29, 0.717) is 71.6 Å². The van der Waals surface area contributed by atoms with Gasteiger partial charge in [-0.15, -0.1) is 55.5 Å². The highest BCUT2D eigenvalue weighted by atomic mass is 79.9. The number of primary sulfonamides is 2. The van der Waals surface area contributed by atoms with Gasteiger partial charge in [-0.05, 0) is 136 Å². The number of aryl methyl sites for hydroxylation is 1. The van der Waals surface area contributed by atoms with Gasteiger partial charge in [-0.25, -0.2) is 96.4 Å². The molecule has 0 bridgehead atoms. The lowest BCUT2D eigenvalue weighted by Crippen LogP contribution is -2.31. The third-order valence-electron chi connectivity index (χ3n) is 15.3. The molecule has 8 aromatic carbocycles. The van der Waals surface area contributed by atoms with Crippen LogP contribution in [0.25, 0.3) is 52.0 Å². The fraction of sp³-hybridized carbons (Fsp3) is 0.235. The summed E-state index contributed by atoms with van der Waals surface area (Å²) in [5, 5.41) is 26.1. The van der Waals surface area contributed by atoms with E-state index in [-0.39, 0.29) is 113 Å². The number of carbonyl (C=O) groups excluding carboxylic acids is 7. The molecule has 0 atom stereocenters. The number of benzene rings is 8. The number of carboxylic acid groups (broad SMARTS) is 1. The van der Waals surface area contributed by atoms with Gasteiger partial charge in [-0.1, -0.05) is 140 Å². The maximum Gasteiger partial charge on any atom is 0.320 e. The molecule has 136 heavy (non-hydrogen) atoms. The van der Waals surface area contributed by atoms with Crippen molar-refractivity contribution in [2.45, 2.75) is 91.1 Å². The molecule has 734 valence electrons. The summed E-state index contributed by atoms with van der Waals surface area (Å²) in [6, 6.07) is 33.8. The van der Waals surface area contributed by atoms with Crippen LogP contribution in [0.1, 0.15) is 89.0 Å². The van der Waals surface area contributed by atoms with Crippen molar-refractivity contribution in [3.63, 3.8) is 0 Å². The molecule has 0 saturated heterocycles. The average molecular weight is 2400 g/mol. The van der Waals surface area contributed by atoms with Gasteiger partial charge in [0.2, 0.25) is 52.0 Å². The summed E-state index contributed by atoms with van der Waals surface area (Å²) in [6.45, 7) is 9.81. The van der Waals surface area contributed by atoms with Crippen LogP contribution >= 0.6 is 147 Å². The quantitative estimate of drug-likeness (QED) is 0.00303. The number of nitrogens with two attached hydrogens (primary N) is 6. The SMILES string of the molecule is CCOC(=O)CC(=O)Cc1c(F)cc(Br)cc1F.CCOC(=O)CC(=O)Cl.CCOC(=O)Cc1nc2c(F)cc(Br)cc2s1.CCOC(=O)Cc1nc2c(F)cc(Br)cc2s1.Cc1ccc(CS(=O)(=O)Cl)cc1.NN.NNC(=O)Cc1nc2c(F)cc(Br)cc2s1.NS(=O)(=O)CC(=O)O.NS(=O)(=O)Cc1nnc(Cc2nc3c(F)cc(-c4ccccc4)cc3s2)o1.Nc1c(F)cc(Br)cc1F. The number of sulfonamides is 2. The molecule has 13 rings (SSSR count). The number of halogens is 15. The third-order valence-corrected chi connectivity index (χ3v) is 24.1. The zero-order valence-corrected chi connectivity index (χ0v) is 86.1. The first-order chi connectivity index (χ1) is 63.8. The van der Waals surface area contributed by atoms with E-state index in [2.05, 4.69) is 136 Å². The van der Waals surface area contributed by atoms with Crippen LogP contribution in [-0.4, -0.2) is 139 Å². The predicted octanol–water partition coefficient (Wildman–Crippen LogP) is 16.3. The van der Waals surface area contributed by atoms with Crippen molar-refractivity contribution in [2.24, 2.45) is 27.8 Å². The van der Waals surface area contributed by atoms with Crippen LogP contribution in [-0.2, 0) is 130 Å². The lowest BCUT2D eigenvalue weighted by Gasteiger charge is -2.05. The summed E-state index contributed by atoms with van der Waals surface area (Å²) in [7, 11) is -5.91. The van der Waals surface area contributed by atoms with E-state index >= 15 is 0 Å². The standard InChI is InChI=1S/C17H13FN4O3S2.C12H11BrF2O3.2C11H9BrFNO2S.C9H7BrFN3OS.C8H9ClO2S.C6H4BrF2N.C5H7ClO3.C2H5NO4S.H4N2/c18-12-6-11(10-4-2-1-3-5-10)7-13-17(12)20-16(26-13)8-14-21-22-15(25-14)9-27(19,23)24;1-2-18-12(17)6-8(16)5-9-10(14)3-7(13)4-11(9)15;2*1-2-16-10(15)5-9-14-11-7(13)3-6(12)4-8(11)17-9;10-4-1-5(11)9-6(2-4)16-8(13-9)3-7(15)14-12;1-7-2-4-8(5-3-7)6-12(9,10)11;7-3-1-4(8)6(10)5(9)2-3;1-2-9-5(8)3-4(6)7;3-8(6,7)1-2(4)5;1-2/h1-7H,8-9H2,(H2,19,23,24);3-4H,2,5-6H2,1H3;2*3-4H,2,5H2,1H3;1-2H,3,12H2,(H,14,15);2-5H,6H2,1H3;1-2H,10H2;2-3H2,1H3;1H2,(H,4,5)(H2,3,6,7);1-2H2. The molecule has 1 amide bonds. The van der Waals surface area contributed by atoms with E-state index in [1.807, 2.05) is 60.9 Å². The van der Waals surface area contributed by atoms with Crippen LogP contribution in [0.5, 0.6) is 0 Å². The largest absolute Gasteiger partial charge is 0.480 e. The number of nitrogen functional groups attached to an aromatic ring is 1. The zero-order chi connectivity index (χ0) is 102. The van der Waals surface area contributed by atoms with Crippen LogP contribution in [0.15, 0.2) is 154 Å². The Morgan fingerprint density at radius 3 is 1.22 bits per heavy atom. The molecular weight excluding hydrogens is 2320 g/mol. The lowest BCUT2D eigenvalue weighted by molar-refractivity contribution is -0.146. The number of esters is 4. The number of nitrogens with one attached hydrogen (secondary N) is 1. The molecule has 0 aliphatic carbocycles. The number of aromatic nitrogens is 6. The molecule has 0 unspecified atom stereocenters. The number of hydrogen-bond acceptors (Lipinski definition) is 33. The Kier molecular flexibility index (Phi) is 51.0. The Morgan fingerprint density at radius 2 is 0.831 bits per heavy atom. The van der Waals surface area contributed by atoms with Crippen molar-refractivity contribution < 1.29 is 127 Å². The van der Waals surface area contributed by atoms with E-state index in [4.69, 9.17) is 58.0 Å². The van der Waals surface area contributed by atoms with E-state index in [1.54, 1.807) is 58.0 Å². The molecule has 0 spiro atoms. The van der Waals surface area contributed by atoms with Crippen molar-refractivity contribution in [3.05, 3.63) is 245 Å². The van der Waals surface area contributed by atoms with E-state index in [9.17, 15) is 98.7 Å². The van der Waals surface area contributed by atoms with E-state index in [1.165, 1.54) is 69.6 Å². The van der Waals surface area contributed by atoms with E-state index < -0.39 is 123 Å². The monoisotopic (exact) mass is 2390 g/mol. The number of ether oxygens (including phenoxy) is 4. The fourth-order valence-corrected chi connectivity index (χ4v) is 18.5. The highest BCUT2D eigenvalue weighted by Crippen LogP contribution is 2.35. The number of amides is 1. The summed E-state index contributed by atoms with van der Waals surface area (Å²) in [6.07, 6.45) is -0.875. The minimum Gasteiger partial charge on any atom is -0.480 e. The first-order valence-corrected chi connectivity index (χ1v) is 51.4. The van der Waals surface area contributed by atoms with Crippen LogP contribution in [0.3, 0.4) is 0 Å². The van der Waals surface area contributed by atoms with Crippen LogP contribution < -0.4 is 39.0 Å². The lowest BCUT2D eigenvalue weighted by atomic mass is 10.1. The first kappa shape index (κ1) is 119. The fourth-order valence-electron chi connectivity index (χ4n) is 10.0. The summed E-state index contributed by atoms with van der Waals surface area (Å²) in [5.74, 6) is 2.38. The number of carbonyl (C=O) groups is 8. The van der Waals surface area contributed by atoms with Gasteiger partial charge in [0.15, 0.2) is 29.0 Å². The van der Waals surface area contributed by atoms with Gasteiger partial charge in [0, 0.05) is 45.0 Å². The number of anilines is 1. The minimum absolute atomic E-state index is 0.0624. The minimum atomic E-state index is -3.82. The number of fused-ring (bicyclic) bond motifs is 4. The molecule has 0 radical (unpaired) electrons. The second-order valence-electron chi connectivity index (χ2n) is 26.1. The number of hydrazine groups is 2. The molecule has 55 heteroatoms. The maximum absolute atomic E-state index is 14.5. The highest BCUT2D eigenvalue weighted by molar-refractivity contribution is 9.11. The van der Waals surface area contributed by atoms with Gasteiger partial charge in [0.1, 0.15) is 95.4 Å². The molecule has 0 fully saturated rings. The number of carboxylic acids is 1. The van der Waals surface area contributed by atoms with Crippen molar-refractivity contribution in [2.75, 3.05) is 37.9 Å². The number of rotatable bonds is 25. The molecule has 5 heterocycles. The highest BCUT2D eigenvalue weighted by Gasteiger charge is 2.22. The number of ketones is 1. The Labute approximate surface area is 837 Å². The van der Waals surface area contributed by atoms with E-state index in [0.717, 1.165) is 55.9 Å². The molecule has 0 aliphatic rings. The molecule has 0 aliphatic heterocycles. The predicted molar refractivity (Wildman–Crippen MR) is 516 cm³/mol. The molecule has 0 saturated carbocycles. The normalized spacial score (nSPS) is 10.7.